The van der Waals surface area contributed by atoms with Crippen LogP contribution in [0.2, 0.25) is 0 Å². The summed E-state index contributed by atoms with van der Waals surface area (Å²) in [7, 11) is 1.83. The summed E-state index contributed by atoms with van der Waals surface area (Å²) in [6, 6.07) is 13.6. The molecule has 0 aliphatic carbocycles. The molecule has 0 aliphatic rings. The van der Waals surface area contributed by atoms with Crippen molar-refractivity contribution in [1.82, 2.24) is 4.90 Å². The second kappa shape index (κ2) is 6.87. The maximum absolute atomic E-state index is 12.5. The molecule has 1 aromatic carbocycles. The van der Waals surface area contributed by atoms with Gasteiger partial charge < -0.3 is 10.6 Å². The standard InChI is InChI=1S/C17H22N2OS/c1-12-9-10-16(21-12)13(2)19(3)17(20)15(18)11-14-7-5-4-6-8-14/h4-10,13,15H,11,18H2,1-3H3/t13?,15-/m1/s1. The fraction of sp³-hybridized carbons (Fsp3) is 0.353. The van der Waals surface area contributed by atoms with Crippen molar-refractivity contribution >= 4 is 17.2 Å². The SMILES string of the molecule is Cc1ccc(C(C)N(C)C(=O)[C@H](N)Cc2ccccc2)s1. The molecule has 0 saturated carbocycles. The molecular weight excluding hydrogens is 280 g/mol. The Morgan fingerprint density at radius 2 is 1.90 bits per heavy atom. The number of hydrogen-bond donors (Lipinski definition) is 1. The first-order chi connectivity index (χ1) is 9.99. The third-order valence-corrected chi connectivity index (χ3v) is 4.89. The van der Waals surface area contributed by atoms with Crippen LogP contribution in [-0.4, -0.2) is 23.9 Å². The molecule has 4 heteroatoms. The van der Waals surface area contributed by atoms with E-state index in [9.17, 15) is 4.79 Å². The summed E-state index contributed by atoms with van der Waals surface area (Å²) in [5.74, 6) is -0.0163. The first kappa shape index (κ1) is 15.7. The van der Waals surface area contributed by atoms with Gasteiger partial charge in [-0.15, -0.1) is 11.3 Å². The Morgan fingerprint density at radius 3 is 2.48 bits per heavy atom. The Morgan fingerprint density at radius 1 is 1.24 bits per heavy atom. The molecule has 0 saturated heterocycles. The lowest BCUT2D eigenvalue weighted by atomic mass is 10.1. The highest BCUT2D eigenvalue weighted by molar-refractivity contribution is 7.12. The van der Waals surface area contributed by atoms with E-state index in [-0.39, 0.29) is 11.9 Å². The Labute approximate surface area is 130 Å². The zero-order chi connectivity index (χ0) is 15.4. The van der Waals surface area contributed by atoms with Gasteiger partial charge in [-0.05, 0) is 38.0 Å². The molecule has 112 valence electrons. The van der Waals surface area contributed by atoms with Crippen LogP contribution >= 0.6 is 11.3 Å². The predicted molar refractivity (Wildman–Crippen MR) is 88.4 cm³/mol. The number of nitrogens with two attached hydrogens (primary N) is 1. The van der Waals surface area contributed by atoms with Gasteiger partial charge in [-0.2, -0.15) is 0 Å². The Hall–Kier alpha value is -1.65. The van der Waals surface area contributed by atoms with Gasteiger partial charge in [0.1, 0.15) is 0 Å². The average Bonchev–Trinajstić information content (AvgIpc) is 2.92. The largest absolute Gasteiger partial charge is 0.337 e. The smallest absolute Gasteiger partial charge is 0.240 e. The van der Waals surface area contributed by atoms with Gasteiger partial charge in [0.05, 0.1) is 12.1 Å². The van der Waals surface area contributed by atoms with Crippen LogP contribution in [-0.2, 0) is 11.2 Å². The molecule has 2 aromatic rings. The number of hydrogen-bond acceptors (Lipinski definition) is 3. The Balaban J connectivity index is 2.01. The topological polar surface area (TPSA) is 46.3 Å². The fourth-order valence-electron chi connectivity index (χ4n) is 2.28. The molecule has 0 fully saturated rings. The zero-order valence-corrected chi connectivity index (χ0v) is 13.6. The highest BCUT2D eigenvalue weighted by Crippen LogP contribution is 2.26. The summed E-state index contributed by atoms with van der Waals surface area (Å²) >= 11 is 1.72. The molecule has 1 aromatic heterocycles. The summed E-state index contributed by atoms with van der Waals surface area (Å²) in [6.45, 7) is 4.11. The number of aryl methyl sites for hydroxylation is 1. The molecule has 2 atom stereocenters. The molecule has 1 amide bonds. The van der Waals surface area contributed by atoms with E-state index >= 15 is 0 Å². The molecular formula is C17H22N2OS. The first-order valence-electron chi connectivity index (χ1n) is 7.11. The minimum atomic E-state index is -0.499. The summed E-state index contributed by atoms with van der Waals surface area (Å²) in [5.41, 5.74) is 7.17. The van der Waals surface area contributed by atoms with E-state index < -0.39 is 6.04 Å². The van der Waals surface area contributed by atoms with Crippen molar-refractivity contribution in [2.75, 3.05) is 7.05 Å². The van der Waals surface area contributed by atoms with Crippen LogP contribution in [0.15, 0.2) is 42.5 Å². The number of benzene rings is 1. The number of amides is 1. The van der Waals surface area contributed by atoms with Crippen molar-refractivity contribution in [3.8, 4) is 0 Å². The normalized spacial score (nSPS) is 13.7. The molecule has 21 heavy (non-hydrogen) atoms. The zero-order valence-electron chi connectivity index (χ0n) is 12.7. The van der Waals surface area contributed by atoms with Gasteiger partial charge in [0.25, 0.3) is 0 Å². The molecule has 1 heterocycles. The van der Waals surface area contributed by atoms with Gasteiger partial charge >= 0.3 is 0 Å². The number of carbonyl (C=O) groups excluding carboxylic acids is 1. The van der Waals surface area contributed by atoms with Crippen LogP contribution in [0.1, 0.15) is 28.3 Å². The number of likely N-dealkylation sites (N-methyl/N-ethyl adjacent to an activating group) is 1. The molecule has 1 unspecified atom stereocenters. The number of thiophene rings is 1. The van der Waals surface area contributed by atoms with Gasteiger partial charge in [0.15, 0.2) is 0 Å². The lowest BCUT2D eigenvalue weighted by molar-refractivity contribution is -0.133. The molecule has 0 spiro atoms. The van der Waals surface area contributed by atoms with Gasteiger partial charge in [-0.25, -0.2) is 0 Å². The minimum absolute atomic E-state index is 0.0163. The van der Waals surface area contributed by atoms with E-state index in [2.05, 4.69) is 19.1 Å². The molecule has 2 N–H and O–H groups in total. The number of carbonyl (C=O) groups is 1. The number of rotatable bonds is 5. The first-order valence-corrected chi connectivity index (χ1v) is 7.93. The van der Waals surface area contributed by atoms with Gasteiger partial charge in [0.2, 0.25) is 5.91 Å². The average molecular weight is 302 g/mol. The van der Waals surface area contributed by atoms with Crippen molar-refractivity contribution in [1.29, 1.82) is 0 Å². The van der Waals surface area contributed by atoms with Crippen LogP contribution in [0.3, 0.4) is 0 Å². The van der Waals surface area contributed by atoms with E-state index in [1.54, 1.807) is 16.2 Å². The minimum Gasteiger partial charge on any atom is -0.337 e. The Bertz CT molecular complexity index is 594. The van der Waals surface area contributed by atoms with Crippen LogP contribution in [0, 0.1) is 6.92 Å². The van der Waals surface area contributed by atoms with Crippen molar-refractivity contribution in [3.05, 3.63) is 57.8 Å². The van der Waals surface area contributed by atoms with Crippen molar-refractivity contribution in [2.45, 2.75) is 32.4 Å². The maximum atomic E-state index is 12.5. The highest BCUT2D eigenvalue weighted by atomic mass is 32.1. The van der Waals surface area contributed by atoms with Crippen molar-refractivity contribution in [3.63, 3.8) is 0 Å². The van der Waals surface area contributed by atoms with Crippen LogP contribution in [0.5, 0.6) is 0 Å². The summed E-state index contributed by atoms with van der Waals surface area (Å²) in [4.78, 5) is 16.7. The molecule has 0 aliphatic heterocycles. The van der Waals surface area contributed by atoms with E-state index in [1.807, 2.05) is 44.3 Å². The van der Waals surface area contributed by atoms with E-state index in [1.165, 1.54) is 9.75 Å². The van der Waals surface area contributed by atoms with E-state index in [4.69, 9.17) is 5.73 Å². The van der Waals surface area contributed by atoms with E-state index in [0.29, 0.717) is 6.42 Å². The summed E-state index contributed by atoms with van der Waals surface area (Å²) in [5, 5.41) is 0. The van der Waals surface area contributed by atoms with E-state index in [0.717, 1.165) is 5.56 Å². The second-order valence-corrected chi connectivity index (χ2v) is 6.69. The predicted octanol–water partition coefficient (Wildman–Crippen LogP) is 3.15. The summed E-state index contributed by atoms with van der Waals surface area (Å²) in [6.07, 6.45) is 0.570. The van der Waals surface area contributed by atoms with Gasteiger partial charge in [-0.3, -0.25) is 4.79 Å². The quantitative estimate of drug-likeness (QED) is 0.922. The monoisotopic (exact) mass is 302 g/mol. The van der Waals surface area contributed by atoms with Gasteiger partial charge in [0, 0.05) is 16.8 Å². The molecule has 0 radical (unpaired) electrons. The second-order valence-electron chi connectivity index (χ2n) is 5.37. The Kier molecular flexibility index (Phi) is 5.15. The molecule has 0 bridgehead atoms. The fourth-order valence-corrected chi connectivity index (χ4v) is 3.25. The van der Waals surface area contributed by atoms with Gasteiger partial charge in [-0.1, -0.05) is 30.3 Å². The molecule has 3 nitrogen and oxygen atoms in total. The molecule has 2 rings (SSSR count). The lowest BCUT2D eigenvalue weighted by Crippen LogP contribution is -2.43. The highest BCUT2D eigenvalue weighted by Gasteiger charge is 2.23. The third-order valence-electron chi connectivity index (χ3n) is 3.72. The third kappa shape index (κ3) is 3.93. The van der Waals surface area contributed by atoms with Crippen molar-refractivity contribution in [2.24, 2.45) is 5.73 Å². The van der Waals surface area contributed by atoms with Crippen molar-refractivity contribution < 1.29 is 4.79 Å². The number of nitrogens with zero attached hydrogens (tertiary/aromatic N) is 1. The van der Waals surface area contributed by atoms with Crippen LogP contribution in [0.4, 0.5) is 0 Å². The summed E-state index contributed by atoms with van der Waals surface area (Å²) < 4.78 is 0. The lowest BCUT2D eigenvalue weighted by Gasteiger charge is -2.27. The maximum Gasteiger partial charge on any atom is 0.240 e. The van der Waals surface area contributed by atoms with Crippen LogP contribution < -0.4 is 5.73 Å². The van der Waals surface area contributed by atoms with Crippen LogP contribution in [0.25, 0.3) is 0 Å².